The number of H-pyrrole nitrogens is 2. The molecular weight excluding hydrogens is 688 g/mol. The Morgan fingerprint density at radius 1 is 1.02 bits per heavy atom. The number of anilines is 2. The van der Waals surface area contributed by atoms with Crippen molar-refractivity contribution in [2.24, 2.45) is 0 Å². The quantitative estimate of drug-likeness (QED) is 0.214. The molecule has 0 aliphatic carbocycles. The van der Waals surface area contributed by atoms with Gasteiger partial charge in [-0.25, -0.2) is 9.78 Å². The molecular formula is C36H45BrN8O4. The summed E-state index contributed by atoms with van der Waals surface area (Å²) in [5.41, 5.74) is 5.72. The van der Waals surface area contributed by atoms with E-state index >= 15 is 0 Å². The van der Waals surface area contributed by atoms with Crippen molar-refractivity contribution in [3.63, 3.8) is 0 Å². The highest BCUT2D eigenvalue weighted by Crippen LogP contribution is 2.34. The van der Waals surface area contributed by atoms with Crippen molar-refractivity contribution in [2.75, 3.05) is 82.4 Å². The molecule has 0 bridgehead atoms. The molecule has 49 heavy (non-hydrogen) atoms. The number of piperidine rings is 1. The number of hydrogen-bond donors (Lipinski definition) is 4. The van der Waals surface area contributed by atoms with E-state index in [0.717, 1.165) is 84.4 Å². The van der Waals surface area contributed by atoms with Crippen LogP contribution in [0.5, 0.6) is 0 Å². The molecule has 0 saturated carbocycles. The highest BCUT2D eigenvalue weighted by Gasteiger charge is 2.32. The zero-order valence-corrected chi connectivity index (χ0v) is 29.5. The van der Waals surface area contributed by atoms with Crippen molar-refractivity contribution in [1.82, 2.24) is 29.7 Å². The molecule has 3 aliphatic heterocycles. The van der Waals surface area contributed by atoms with Crippen molar-refractivity contribution in [3.8, 4) is 11.4 Å². The number of fused-ring (bicyclic) bond motifs is 1. The lowest BCUT2D eigenvalue weighted by molar-refractivity contribution is 0.0335. The van der Waals surface area contributed by atoms with Crippen molar-refractivity contribution in [2.45, 2.75) is 38.3 Å². The number of rotatable bonds is 8. The molecule has 7 rings (SSSR count). The van der Waals surface area contributed by atoms with E-state index < -0.39 is 0 Å². The molecule has 3 saturated heterocycles. The summed E-state index contributed by atoms with van der Waals surface area (Å²) in [4.78, 5) is 46.5. The van der Waals surface area contributed by atoms with E-state index in [1.54, 1.807) is 6.20 Å². The van der Waals surface area contributed by atoms with Gasteiger partial charge in [0.1, 0.15) is 11.4 Å². The molecule has 5 heterocycles. The van der Waals surface area contributed by atoms with Crippen molar-refractivity contribution >= 4 is 44.4 Å². The van der Waals surface area contributed by atoms with E-state index in [2.05, 4.69) is 53.1 Å². The predicted octanol–water partition coefficient (Wildman–Crippen LogP) is 4.04. The van der Waals surface area contributed by atoms with Crippen LogP contribution in [-0.2, 0) is 11.2 Å². The van der Waals surface area contributed by atoms with Gasteiger partial charge < -0.3 is 39.8 Å². The van der Waals surface area contributed by atoms with E-state index in [0.29, 0.717) is 55.8 Å². The van der Waals surface area contributed by atoms with Gasteiger partial charge in [-0.05, 0) is 55.5 Å². The van der Waals surface area contributed by atoms with Crippen LogP contribution in [0.25, 0.3) is 22.4 Å². The average Bonchev–Trinajstić information content (AvgIpc) is 3.58. The number of aromatic nitrogens is 3. The number of nitrogens with one attached hydrogen (secondary N) is 3. The van der Waals surface area contributed by atoms with Gasteiger partial charge in [-0.15, -0.1) is 0 Å². The molecule has 1 atom stereocenters. The number of aliphatic hydroxyl groups excluding tert-OH is 1. The second-order valence-corrected chi connectivity index (χ2v) is 14.1. The van der Waals surface area contributed by atoms with Gasteiger partial charge in [0, 0.05) is 69.1 Å². The highest BCUT2D eigenvalue weighted by molar-refractivity contribution is 9.10. The number of nitrogens with zero attached hydrogens (tertiary/aromatic N) is 5. The van der Waals surface area contributed by atoms with Crippen LogP contribution in [0, 0.1) is 6.92 Å². The fourth-order valence-corrected chi connectivity index (χ4v) is 7.89. The topological polar surface area (TPSA) is 133 Å². The maximum absolute atomic E-state index is 13.3. The van der Waals surface area contributed by atoms with Crippen molar-refractivity contribution < 1.29 is 14.6 Å². The van der Waals surface area contributed by atoms with E-state index in [4.69, 9.17) is 9.72 Å². The van der Waals surface area contributed by atoms with Gasteiger partial charge in [0.25, 0.3) is 5.56 Å². The van der Waals surface area contributed by atoms with Crippen LogP contribution in [0.1, 0.15) is 24.0 Å². The Balaban J connectivity index is 1.05. The summed E-state index contributed by atoms with van der Waals surface area (Å²) in [6.07, 6.45) is 4.28. The minimum atomic E-state index is -0.310. The third kappa shape index (κ3) is 7.21. The summed E-state index contributed by atoms with van der Waals surface area (Å²) in [6, 6.07) is 14.4. The summed E-state index contributed by atoms with van der Waals surface area (Å²) in [5, 5.41) is 13.7. The Morgan fingerprint density at radius 2 is 1.76 bits per heavy atom. The molecule has 12 nitrogen and oxygen atoms in total. The number of aliphatic hydroxyl groups is 1. The van der Waals surface area contributed by atoms with E-state index in [1.165, 1.54) is 0 Å². The Hall–Kier alpha value is -3.91. The Bertz CT molecular complexity index is 1820. The summed E-state index contributed by atoms with van der Waals surface area (Å²) in [5.74, 6) is 0.492. The van der Waals surface area contributed by atoms with Crippen LogP contribution in [0.3, 0.4) is 0 Å². The second kappa shape index (κ2) is 14.9. The summed E-state index contributed by atoms with van der Waals surface area (Å²) >= 11 is 3.61. The van der Waals surface area contributed by atoms with Crippen LogP contribution in [0.2, 0.25) is 0 Å². The molecule has 0 radical (unpaired) electrons. The Labute approximate surface area is 294 Å². The molecule has 4 N–H and O–H groups in total. The molecule has 2 aromatic carbocycles. The number of pyridine rings is 1. The first kappa shape index (κ1) is 33.6. The number of aryl methyl sites for hydroxylation is 1. The predicted molar refractivity (Wildman–Crippen MR) is 195 cm³/mol. The van der Waals surface area contributed by atoms with Crippen molar-refractivity contribution in [3.05, 3.63) is 74.6 Å². The fraction of sp³-hybridized carbons (Fsp3) is 0.472. The number of ether oxygens (including phenoxy) is 1. The smallest absolute Gasteiger partial charge is 0.320 e. The van der Waals surface area contributed by atoms with E-state index in [1.807, 2.05) is 47.1 Å². The number of urea groups is 1. The molecule has 3 aliphatic rings. The maximum Gasteiger partial charge on any atom is 0.320 e. The molecule has 4 aromatic rings. The van der Waals surface area contributed by atoms with Gasteiger partial charge in [0.2, 0.25) is 0 Å². The third-order valence-electron chi connectivity index (χ3n) is 10.2. The monoisotopic (exact) mass is 732 g/mol. The molecule has 2 aromatic heterocycles. The van der Waals surface area contributed by atoms with Crippen LogP contribution in [0.15, 0.2) is 57.9 Å². The number of morpholine rings is 1. The number of carbonyl (C=O) groups excluding carboxylic acids is 1. The molecule has 13 heteroatoms. The van der Waals surface area contributed by atoms with Gasteiger partial charge in [-0.1, -0.05) is 40.2 Å². The lowest BCUT2D eigenvalue weighted by Crippen LogP contribution is -2.57. The van der Waals surface area contributed by atoms with Crippen LogP contribution in [-0.4, -0.2) is 125 Å². The lowest BCUT2D eigenvalue weighted by Gasteiger charge is -2.44. The minimum absolute atomic E-state index is 0.102. The van der Waals surface area contributed by atoms with Crippen molar-refractivity contribution in [1.29, 1.82) is 0 Å². The number of carbonyl (C=O) groups is 1. The molecule has 3 fully saturated rings. The van der Waals surface area contributed by atoms with Gasteiger partial charge >= 0.3 is 6.03 Å². The standard InChI is InChI=1S/C36H45BrN8O4/c1-24-6-7-30(43-12-9-27(10-13-43)42-14-16-44(17-15-42)36(48)45-18-20-49-21-19-45)33-32(24)40-34(41-33)31-29(8-11-38-35(31)47)39-26(23-46)22-25-4-2-3-5-28(25)37/h2-8,11,26-27,46H,9-10,12-23H2,1H3,(H,40,41)(H2,38,39,47)/t26-/m1/s1. The average molecular weight is 734 g/mol. The largest absolute Gasteiger partial charge is 0.394 e. The first-order chi connectivity index (χ1) is 23.9. The molecule has 0 spiro atoms. The molecule has 2 amide bonds. The number of hydrogen-bond acceptors (Lipinski definition) is 8. The SMILES string of the molecule is Cc1ccc(N2CCC(N3CCN(C(=O)N4CCOCC4)CC3)CC2)c2[nH]c(-c3c(N[C@@H](CO)Cc4ccccc4Br)cc[nH]c3=O)nc12. The normalized spacial score (nSPS) is 18.6. The summed E-state index contributed by atoms with van der Waals surface area (Å²) < 4.78 is 6.39. The van der Waals surface area contributed by atoms with Crippen LogP contribution >= 0.6 is 15.9 Å². The van der Waals surface area contributed by atoms with Gasteiger partial charge in [0.05, 0.1) is 48.3 Å². The molecule has 0 unspecified atom stereocenters. The lowest BCUT2D eigenvalue weighted by atomic mass is 10.0. The van der Waals surface area contributed by atoms with Gasteiger partial charge in [0.15, 0.2) is 0 Å². The number of piperazine rings is 1. The van der Waals surface area contributed by atoms with E-state index in [-0.39, 0.29) is 24.2 Å². The first-order valence-corrected chi connectivity index (χ1v) is 18.1. The number of benzene rings is 2. The fourth-order valence-electron chi connectivity index (χ4n) is 7.44. The second-order valence-electron chi connectivity index (χ2n) is 13.2. The Morgan fingerprint density at radius 3 is 2.49 bits per heavy atom. The highest BCUT2D eigenvalue weighted by atomic mass is 79.9. The zero-order valence-electron chi connectivity index (χ0n) is 28.0. The minimum Gasteiger partial charge on any atom is -0.394 e. The van der Waals surface area contributed by atoms with Gasteiger partial charge in [-0.3, -0.25) is 9.69 Å². The number of amides is 2. The van der Waals surface area contributed by atoms with Crippen LogP contribution < -0.4 is 15.8 Å². The molecule has 260 valence electrons. The third-order valence-corrected chi connectivity index (χ3v) is 11.0. The first-order valence-electron chi connectivity index (χ1n) is 17.3. The van der Waals surface area contributed by atoms with E-state index in [9.17, 15) is 14.7 Å². The summed E-state index contributed by atoms with van der Waals surface area (Å²) in [7, 11) is 0. The number of halogens is 1. The Kier molecular flexibility index (Phi) is 10.2. The summed E-state index contributed by atoms with van der Waals surface area (Å²) in [6.45, 7) is 9.72. The van der Waals surface area contributed by atoms with Gasteiger partial charge in [-0.2, -0.15) is 0 Å². The van der Waals surface area contributed by atoms with Crippen LogP contribution in [0.4, 0.5) is 16.2 Å². The number of aromatic amines is 2. The zero-order chi connectivity index (χ0) is 33.9. The number of imidazole rings is 1. The maximum atomic E-state index is 13.3.